The molecule has 21 heavy (non-hydrogen) atoms. The average molecular weight is 303 g/mol. The van der Waals surface area contributed by atoms with E-state index in [1.165, 1.54) is 6.92 Å². The standard InChI is InChI=1S/C16H17NO3S/c1-11-8-9-16(12(2)10-11)21(19,20)17-15-7-5-4-6-14(15)13(3)18/h4-10,17H,1-3H3. The summed E-state index contributed by atoms with van der Waals surface area (Å²) in [5.41, 5.74) is 2.31. The van der Waals surface area contributed by atoms with Crippen LogP contribution in [0.25, 0.3) is 0 Å². The van der Waals surface area contributed by atoms with Crippen LogP contribution < -0.4 is 4.72 Å². The topological polar surface area (TPSA) is 63.2 Å². The molecule has 0 aliphatic heterocycles. The van der Waals surface area contributed by atoms with Gasteiger partial charge >= 0.3 is 0 Å². The summed E-state index contributed by atoms with van der Waals surface area (Å²) >= 11 is 0. The first kappa shape index (κ1) is 15.3. The van der Waals surface area contributed by atoms with Crippen molar-refractivity contribution in [2.24, 2.45) is 0 Å². The summed E-state index contributed by atoms with van der Waals surface area (Å²) in [7, 11) is -3.72. The smallest absolute Gasteiger partial charge is 0.262 e. The number of rotatable bonds is 4. The van der Waals surface area contributed by atoms with Crippen molar-refractivity contribution in [3.05, 3.63) is 59.2 Å². The molecule has 0 unspecified atom stereocenters. The predicted molar refractivity (Wildman–Crippen MR) is 83.2 cm³/mol. The lowest BCUT2D eigenvalue weighted by molar-refractivity contribution is 0.101. The molecule has 0 saturated heterocycles. The van der Waals surface area contributed by atoms with E-state index in [2.05, 4.69) is 4.72 Å². The van der Waals surface area contributed by atoms with Crippen LogP contribution in [0.2, 0.25) is 0 Å². The molecule has 0 aliphatic carbocycles. The van der Waals surface area contributed by atoms with Crippen molar-refractivity contribution in [3.63, 3.8) is 0 Å². The van der Waals surface area contributed by atoms with Crippen LogP contribution in [0.5, 0.6) is 0 Å². The second-order valence-electron chi connectivity index (χ2n) is 4.98. The maximum absolute atomic E-state index is 12.5. The molecule has 0 atom stereocenters. The van der Waals surface area contributed by atoms with Gasteiger partial charge in [-0.3, -0.25) is 9.52 Å². The van der Waals surface area contributed by atoms with Crippen LogP contribution in [0.1, 0.15) is 28.4 Å². The lowest BCUT2D eigenvalue weighted by Gasteiger charge is -2.13. The second kappa shape index (κ2) is 5.69. The van der Waals surface area contributed by atoms with Gasteiger partial charge in [0.25, 0.3) is 10.0 Å². The van der Waals surface area contributed by atoms with Gasteiger partial charge < -0.3 is 0 Å². The molecule has 0 saturated carbocycles. The molecule has 0 spiro atoms. The fourth-order valence-corrected chi connectivity index (χ4v) is 3.49. The van der Waals surface area contributed by atoms with E-state index >= 15 is 0 Å². The lowest BCUT2D eigenvalue weighted by atomic mass is 10.1. The van der Waals surface area contributed by atoms with Crippen LogP contribution in [0.4, 0.5) is 5.69 Å². The predicted octanol–water partition coefficient (Wildman–Crippen LogP) is 3.31. The van der Waals surface area contributed by atoms with Gasteiger partial charge in [0.15, 0.2) is 5.78 Å². The summed E-state index contributed by atoms with van der Waals surface area (Å²) < 4.78 is 27.5. The Bertz CT molecular complexity index is 795. The Labute approximate surface area is 124 Å². The van der Waals surface area contributed by atoms with Crippen molar-refractivity contribution >= 4 is 21.5 Å². The number of sulfonamides is 1. The molecule has 110 valence electrons. The summed E-state index contributed by atoms with van der Waals surface area (Å²) in [6.07, 6.45) is 0. The molecule has 4 nitrogen and oxygen atoms in total. The van der Waals surface area contributed by atoms with Gasteiger partial charge in [-0.05, 0) is 44.5 Å². The number of benzene rings is 2. The molecular formula is C16H17NO3S. The molecule has 0 heterocycles. The van der Waals surface area contributed by atoms with E-state index in [4.69, 9.17) is 0 Å². The summed E-state index contributed by atoms with van der Waals surface area (Å²) in [6, 6.07) is 11.7. The first-order chi connectivity index (χ1) is 9.81. The van der Waals surface area contributed by atoms with Crippen LogP contribution in [0, 0.1) is 13.8 Å². The van der Waals surface area contributed by atoms with Crippen LogP contribution in [0.15, 0.2) is 47.4 Å². The Morgan fingerprint density at radius 2 is 1.71 bits per heavy atom. The van der Waals surface area contributed by atoms with Gasteiger partial charge in [0.05, 0.1) is 10.6 Å². The first-order valence-corrected chi connectivity index (χ1v) is 7.99. The van der Waals surface area contributed by atoms with E-state index in [0.29, 0.717) is 16.8 Å². The zero-order valence-electron chi connectivity index (χ0n) is 12.2. The van der Waals surface area contributed by atoms with Gasteiger partial charge in [0.1, 0.15) is 0 Å². The molecule has 0 amide bonds. The van der Waals surface area contributed by atoms with Crippen LogP contribution in [-0.4, -0.2) is 14.2 Å². The minimum Gasteiger partial charge on any atom is -0.294 e. The zero-order chi connectivity index (χ0) is 15.6. The molecule has 0 radical (unpaired) electrons. The summed E-state index contributed by atoms with van der Waals surface area (Å²) in [6.45, 7) is 5.06. The summed E-state index contributed by atoms with van der Waals surface area (Å²) in [5.74, 6) is -0.186. The van der Waals surface area contributed by atoms with Gasteiger partial charge in [0, 0.05) is 5.56 Å². The summed E-state index contributed by atoms with van der Waals surface area (Å²) in [5, 5.41) is 0. The SMILES string of the molecule is CC(=O)c1ccccc1NS(=O)(=O)c1ccc(C)cc1C. The Hall–Kier alpha value is -2.14. The van der Waals surface area contributed by atoms with E-state index in [-0.39, 0.29) is 10.7 Å². The van der Waals surface area contributed by atoms with Gasteiger partial charge in [0.2, 0.25) is 0 Å². The lowest BCUT2D eigenvalue weighted by Crippen LogP contribution is -2.16. The largest absolute Gasteiger partial charge is 0.294 e. The zero-order valence-corrected chi connectivity index (χ0v) is 13.0. The number of Topliss-reactive ketones (excluding diaryl/α,β-unsaturated/α-hetero) is 1. The van der Waals surface area contributed by atoms with Gasteiger partial charge in [-0.25, -0.2) is 8.42 Å². The number of hydrogen-bond donors (Lipinski definition) is 1. The van der Waals surface area contributed by atoms with Crippen LogP contribution in [-0.2, 0) is 10.0 Å². The quantitative estimate of drug-likeness (QED) is 0.881. The molecule has 1 N–H and O–H groups in total. The van der Waals surface area contributed by atoms with E-state index in [1.807, 2.05) is 13.0 Å². The molecule has 2 rings (SSSR count). The van der Waals surface area contributed by atoms with E-state index in [0.717, 1.165) is 5.56 Å². The van der Waals surface area contributed by atoms with E-state index in [1.54, 1.807) is 43.3 Å². The molecule has 0 aromatic heterocycles. The van der Waals surface area contributed by atoms with Crippen molar-refractivity contribution in [3.8, 4) is 0 Å². The Balaban J connectivity index is 2.45. The highest BCUT2D eigenvalue weighted by Crippen LogP contribution is 2.23. The number of aryl methyl sites for hydroxylation is 2. The van der Waals surface area contributed by atoms with Crippen molar-refractivity contribution in [1.29, 1.82) is 0 Å². The second-order valence-corrected chi connectivity index (χ2v) is 6.63. The van der Waals surface area contributed by atoms with E-state index < -0.39 is 10.0 Å². The molecule has 2 aromatic carbocycles. The highest BCUT2D eigenvalue weighted by Gasteiger charge is 2.19. The normalized spacial score (nSPS) is 11.2. The van der Waals surface area contributed by atoms with Crippen molar-refractivity contribution < 1.29 is 13.2 Å². The number of carbonyl (C=O) groups excluding carboxylic acids is 1. The minimum atomic E-state index is -3.72. The van der Waals surface area contributed by atoms with Gasteiger partial charge in [-0.15, -0.1) is 0 Å². The average Bonchev–Trinajstić information content (AvgIpc) is 2.37. The maximum Gasteiger partial charge on any atom is 0.262 e. The minimum absolute atomic E-state index is 0.186. The first-order valence-electron chi connectivity index (χ1n) is 6.51. The molecule has 5 heteroatoms. The van der Waals surface area contributed by atoms with Crippen LogP contribution in [0.3, 0.4) is 0 Å². The molecule has 2 aromatic rings. The molecule has 0 fully saturated rings. The summed E-state index contributed by atoms with van der Waals surface area (Å²) in [4.78, 5) is 11.8. The fraction of sp³-hybridized carbons (Fsp3) is 0.188. The molecular weight excluding hydrogens is 286 g/mol. The number of nitrogens with one attached hydrogen (secondary N) is 1. The highest BCUT2D eigenvalue weighted by atomic mass is 32.2. The Morgan fingerprint density at radius 1 is 1.05 bits per heavy atom. The van der Waals surface area contributed by atoms with Crippen molar-refractivity contribution in [2.45, 2.75) is 25.7 Å². The third-order valence-corrected chi connectivity index (χ3v) is 4.70. The Morgan fingerprint density at radius 3 is 2.33 bits per heavy atom. The number of anilines is 1. The highest BCUT2D eigenvalue weighted by molar-refractivity contribution is 7.92. The van der Waals surface area contributed by atoms with Gasteiger partial charge in [-0.1, -0.05) is 29.8 Å². The van der Waals surface area contributed by atoms with Crippen LogP contribution >= 0.6 is 0 Å². The van der Waals surface area contributed by atoms with Gasteiger partial charge in [-0.2, -0.15) is 0 Å². The molecule has 0 aliphatic rings. The Kier molecular flexibility index (Phi) is 4.14. The number of hydrogen-bond acceptors (Lipinski definition) is 3. The third kappa shape index (κ3) is 3.31. The van der Waals surface area contributed by atoms with Crippen molar-refractivity contribution in [2.75, 3.05) is 4.72 Å². The number of para-hydroxylation sites is 1. The number of carbonyl (C=O) groups is 1. The van der Waals surface area contributed by atoms with Crippen molar-refractivity contribution in [1.82, 2.24) is 0 Å². The monoisotopic (exact) mass is 303 g/mol. The fourth-order valence-electron chi connectivity index (χ4n) is 2.18. The third-order valence-electron chi connectivity index (χ3n) is 3.17. The molecule has 0 bridgehead atoms. The van der Waals surface area contributed by atoms with E-state index in [9.17, 15) is 13.2 Å². The maximum atomic E-state index is 12.5. The number of ketones is 1.